The van der Waals surface area contributed by atoms with Crippen molar-refractivity contribution < 1.29 is 28.3 Å². The highest BCUT2D eigenvalue weighted by Gasteiger charge is 2.34. The zero-order valence-electron chi connectivity index (χ0n) is 21.9. The Balaban J connectivity index is 1.52. The van der Waals surface area contributed by atoms with E-state index in [9.17, 15) is 9.32 Å². The normalized spacial score (nSPS) is 22.6. The van der Waals surface area contributed by atoms with E-state index in [0.717, 1.165) is 22.6 Å². The van der Waals surface area contributed by atoms with Gasteiger partial charge in [-0.15, -0.1) is 0 Å². The minimum Gasteiger partial charge on any atom is -0.508 e. The number of benzene rings is 2. The van der Waals surface area contributed by atoms with Crippen LogP contribution in [0.25, 0.3) is 0 Å². The van der Waals surface area contributed by atoms with E-state index in [1.54, 1.807) is 39.5 Å². The van der Waals surface area contributed by atoms with E-state index in [4.69, 9.17) is 30.5 Å². The van der Waals surface area contributed by atoms with Gasteiger partial charge in [0.05, 0.1) is 38.1 Å². The van der Waals surface area contributed by atoms with Crippen molar-refractivity contribution in [3.63, 3.8) is 0 Å². The van der Waals surface area contributed by atoms with Gasteiger partial charge in [-0.2, -0.15) is 0 Å². The maximum absolute atomic E-state index is 13.8. The maximum Gasteiger partial charge on any atom is 0.151 e. The molecule has 4 unspecified atom stereocenters. The van der Waals surface area contributed by atoms with Gasteiger partial charge < -0.3 is 24.1 Å². The molecule has 9 nitrogen and oxygen atoms in total. The van der Waals surface area contributed by atoms with Gasteiger partial charge in [-0.3, -0.25) is 0 Å². The quantitative estimate of drug-likeness (QED) is 0.422. The molecule has 0 aromatic heterocycles. The first-order chi connectivity index (χ1) is 18.3. The van der Waals surface area contributed by atoms with E-state index in [2.05, 4.69) is 5.43 Å². The predicted octanol–water partition coefficient (Wildman–Crippen LogP) is 4.09. The molecule has 0 saturated carbocycles. The Labute approximate surface area is 231 Å². The van der Waals surface area contributed by atoms with Crippen molar-refractivity contribution in [2.75, 3.05) is 40.7 Å². The average molecular weight is 564 g/mol. The molecule has 11 heteroatoms. The van der Waals surface area contributed by atoms with Gasteiger partial charge in [0.25, 0.3) is 0 Å². The van der Waals surface area contributed by atoms with Gasteiger partial charge in [0.1, 0.15) is 29.2 Å². The maximum atomic E-state index is 13.8. The number of ether oxygens (including phenoxy) is 4. The summed E-state index contributed by atoms with van der Waals surface area (Å²) < 4.78 is 38.5. The fraction of sp³-hybridized carbons (Fsp3) is 0.407. The van der Waals surface area contributed by atoms with Crippen molar-refractivity contribution in [2.24, 2.45) is 5.92 Å². The van der Waals surface area contributed by atoms with Crippen molar-refractivity contribution in [2.45, 2.75) is 25.4 Å². The van der Waals surface area contributed by atoms with Crippen LogP contribution in [-0.4, -0.2) is 65.5 Å². The third kappa shape index (κ3) is 6.88. The smallest absolute Gasteiger partial charge is 0.151 e. The zero-order valence-corrected chi connectivity index (χ0v) is 23.5. The molecule has 1 aliphatic carbocycles. The van der Waals surface area contributed by atoms with Crippen LogP contribution in [0.3, 0.4) is 0 Å². The van der Waals surface area contributed by atoms with E-state index in [-0.39, 0.29) is 23.6 Å². The molecule has 206 valence electrons. The third-order valence-corrected chi connectivity index (χ3v) is 8.23. The molecule has 1 saturated heterocycles. The van der Waals surface area contributed by atoms with Crippen LogP contribution in [0.15, 0.2) is 66.1 Å². The number of halogens is 1. The molecule has 4 rings (SSSR count). The van der Waals surface area contributed by atoms with Crippen molar-refractivity contribution >= 4 is 22.6 Å². The summed E-state index contributed by atoms with van der Waals surface area (Å²) in [5.74, 6) is 2.34. The van der Waals surface area contributed by atoms with E-state index in [0.29, 0.717) is 30.3 Å². The second-order valence-corrected chi connectivity index (χ2v) is 11.0. The fourth-order valence-corrected chi connectivity index (χ4v) is 5.93. The number of methoxy groups -OCH3 is 3. The summed E-state index contributed by atoms with van der Waals surface area (Å²) in [7, 11) is 5.25. The van der Waals surface area contributed by atoms with Crippen LogP contribution in [0.5, 0.6) is 11.5 Å². The summed E-state index contributed by atoms with van der Waals surface area (Å²) in [4.78, 5) is 0. The number of aromatic hydroxyl groups is 1. The van der Waals surface area contributed by atoms with Gasteiger partial charge in [-0.25, -0.2) is 18.9 Å². The Hall–Kier alpha value is -2.60. The number of hydrazine groups is 1. The lowest BCUT2D eigenvalue weighted by Gasteiger charge is -2.29. The molecule has 0 amide bonds. The molecule has 4 atom stereocenters. The van der Waals surface area contributed by atoms with Crippen LogP contribution < -0.4 is 10.2 Å². The largest absolute Gasteiger partial charge is 0.508 e. The van der Waals surface area contributed by atoms with Crippen molar-refractivity contribution in [1.82, 2.24) is 14.7 Å². The molecule has 38 heavy (non-hydrogen) atoms. The lowest BCUT2D eigenvalue weighted by Crippen LogP contribution is -2.41. The fourth-order valence-electron chi connectivity index (χ4n) is 4.56. The number of nitrogens with zero attached hydrogens (tertiary/aromatic N) is 2. The van der Waals surface area contributed by atoms with E-state index < -0.39 is 17.2 Å². The van der Waals surface area contributed by atoms with Crippen LogP contribution in [0.1, 0.15) is 23.8 Å². The number of nitrogens with one attached hydrogen (secondary N) is 1. The van der Waals surface area contributed by atoms with Crippen LogP contribution in [-0.2, 0) is 31.7 Å². The first-order valence-corrected chi connectivity index (χ1v) is 13.9. The Bertz CT molecular complexity index is 1190. The minimum atomic E-state index is -1.44. The molecule has 2 aromatic rings. The Morgan fingerprint density at radius 3 is 2.61 bits per heavy atom. The Kier molecular flexibility index (Phi) is 9.69. The SMILES string of the molecule is COC1=CCC(CN(Cc2ccc(O)cc2OC)S(=O)CC2NN(C)C(c3ccc(Cl)cc3)O2)C(OC)=C1. The summed E-state index contributed by atoms with van der Waals surface area (Å²) in [5, 5.41) is 12.4. The second-order valence-electron chi connectivity index (χ2n) is 9.07. The lowest BCUT2D eigenvalue weighted by molar-refractivity contribution is 0.0142. The molecule has 1 aliphatic heterocycles. The van der Waals surface area contributed by atoms with Crippen LogP contribution in [0.2, 0.25) is 5.02 Å². The highest BCUT2D eigenvalue weighted by molar-refractivity contribution is 7.82. The van der Waals surface area contributed by atoms with Gasteiger partial charge in [0.15, 0.2) is 6.23 Å². The van der Waals surface area contributed by atoms with Crippen LogP contribution >= 0.6 is 11.6 Å². The topological polar surface area (TPSA) is 92.7 Å². The highest BCUT2D eigenvalue weighted by Crippen LogP contribution is 2.31. The van der Waals surface area contributed by atoms with E-state index in [1.807, 2.05) is 52.8 Å². The zero-order chi connectivity index (χ0) is 27.2. The number of allylic oxidation sites excluding steroid dienone is 2. The van der Waals surface area contributed by atoms with Crippen molar-refractivity contribution in [3.05, 3.63) is 82.3 Å². The summed E-state index contributed by atoms with van der Waals surface area (Å²) in [5.41, 5.74) is 5.03. The van der Waals surface area contributed by atoms with Crippen LogP contribution in [0, 0.1) is 5.92 Å². The molecule has 0 bridgehead atoms. The van der Waals surface area contributed by atoms with E-state index >= 15 is 0 Å². The first kappa shape index (κ1) is 28.4. The number of hydrogen-bond acceptors (Lipinski definition) is 8. The summed E-state index contributed by atoms with van der Waals surface area (Å²) in [6, 6.07) is 12.4. The van der Waals surface area contributed by atoms with Crippen LogP contribution in [0.4, 0.5) is 0 Å². The summed E-state index contributed by atoms with van der Waals surface area (Å²) in [6.45, 7) is 0.806. The Morgan fingerprint density at radius 1 is 1.16 bits per heavy atom. The molecular formula is C27H34ClN3O6S. The van der Waals surface area contributed by atoms with Gasteiger partial charge >= 0.3 is 0 Å². The minimum absolute atomic E-state index is 0.0205. The molecule has 0 spiro atoms. The molecule has 2 N–H and O–H groups in total. The number of phenolic OH excluding ortho intramolecular Hbond substituents is 1. The molecule has 2 aromatic carbocycles. The lowest BCUT2D eigenvalue weighted by atomic mass is 9.97. The number of hydrogen-bond donors (Lipinski definition) is 2. The monoisotopic (exact) mass is 563 g/mol. The highest BCUT2D eigenvalue weighted by atomic mass is 35.5. The molecule has 1 fully saturated rings. The van der Waals surface area contributed by atoms with Crippen molar-refractivity contribution in [1.29, 1.82) is 0 Å². The van der Waals surface area contributed by atoms with E-state index in [1.165, 1.54) is 0 Å². The average Bonchev–Trinajstić information content (AvgIpc) is 3.29. The Morgan fingerprint density at radius 2 is 1.92 bits per heavy atom. The number of rotatable bonds is 11. The van der Waals surface area contributed by atoms with Gasteiger partial charge in [-0.05, 0) is 36.3 Å². The van der Waals surface area contributed by atoms with Gasteiger partial charge in [-0.1, -0.05) is 29.8 Å². The second kappa shape index (κ2) is 13.0. The molecule has 1 heterocycles. The summed E-state index contributed by atoms with van der Waals surface area (Å²) in [6.07, 6.45) is 3.75. The standard InChI is InChI=1S/C27H34ClN3O6S/c1-30-27(18-5-9-21(28)10-6-18)37-26(29-30)17-38(33)31(15-19-7-11-22(32)13-24(19)35-3)16-20-8-12-23(34-2)14-25(20)36-4/h5-7,9-14,20,26-27,29,32H,8,15-17H2,1-4H3. The van der Waals surface area contributed by atoms with Crippen molar-refractivity contribution in [3.8, 4) is 11.5 Å². The molecule has 2 aliphatic rings. The first-order valence-electron chi connectivity index (χ1n) is 12.2. The predicted molar refractivity (Wildman–Crippen MR) is 146 cm³/mol. The van der Waals surface area contributed by atoms with Gasteiger partial charge in [0, 0.05) is 48.8 Å². The third-order valence-electron chi connectivity index (χ3n) is 6.53. The number of phenols is 1. The molecular weight excluding hydrogens is 530 g/mol. The van der Waals surface area contributed by atoms with Gasteiger partial charge in [0.2, 0.25) is 0 Å². The molecule has 0 radical (unpaired) electrons. The summed E-state index contributed by atoms with van der Waals surface area (Å²) >= 11 is 6.04.